The van der Waals surface area contributed by atoms with Gasteiger partial charge in [0.1, 0.15) is 0 Å². The molecule has 0 amide bonds. The Morgan fingerprint density at radius 3 is 3.00 bits per heavy atom. The summed E-state index contributed by atoms with van der Waals surface area (Å²) in [6, 6.07) is 5.91. The van der Waals surface area contributed by atoms with Crippen molar-refractivity contribution in [1.29, 1.82) is 0 Å². The van der Waals surface area contributed by atoms with Crippen LogP contribution >= 0.6 is 0 Å². The number of ether oxygens (including phenoxy) is 1. The number of nitrogens with zero attached hydrogens (tertiary/aromatic N) is 1. The highest BCUT2D eigenvalue weighted by Crippen LogP contribution is 2.29. The molecule has 1 aromatic heterocycles. The highest BCUT2D eigenvalue weighted by Gasteiger charge is 2.23. The lowest BCUT2D eigenvalue weighted by molar-refractivity contribution is -0.148. The van der Waals surface area contributed by atoms with E-state index >= 15 is 0 Å². The maximum Gasteiger partial charge on any atom is 0.309 e. The van der Waals surface area contributed by atoms with Crippen molar-refractivity contribution in [2.75, 3.05) is 6.61 Å². The van der Waals surface area contributed by atoms with E-state index in [1.54, 1.807) is 6.20 Å². The number of allylic oxidation sites excluding steroid dienone is 2. The molecule has 1 heterocycles. The molecule has 0 unspecified atom stereocenters. The number of aromatic nitrogens is 1. The summed E-state index contributed by atoms with van der Waals surface area (Å²) >= 11 is 0. The minimum Gasteiger partial charge on any atom is -0.466 e. The minimum absolute atomic E-state index is 0.0300. The fourth-order valence-electron chi connectivity index (χ4n) is 2.09. The van der Waals surface area contributed by atoms with Crippen molar-refractivity contribution in [2.24, 2.45) is 5.92 Å². The highest BCUT2D eigenvalue weighted by atomic mass is 16.5. The zero-order chi connectivity index (χ0) is 12.1. The van der Waals surface area contributed by atoms with Crippen LogP contribution in [-0.4, -0.2) is 17.6 Å². The topological polar surface area (TPSA) is 39.2 Å². The molecule has 17 heavy (non-hydrogen) atoms. The molecule has 2 rings (SSSR count). The first-order chi connectivity index (χ1) is 8.31. The van der Waals surface area contributed by atoms with Gasteiger partial charge in [-0.2, -0.15) is 0 Å². The molecule has 0 saturated carbocycles. The fraction of sp³-hybridized carbons (Fsp3) is 0.429. The van der Waals surface area contributed by atoms with E-state index in [1.807, 2.05) is 25.1 Å². The maximum absolute atomic E-state index is 11.6. The van der Waals surface area contributed by atoms with Crippen LogP contribution in [0.25, 0.3) is 5.57 Å². The second-order valence-corrected chi connectivity index (χ2v) is 4.17. The zero-order valence-electron chi connectivity index (χ0n) is 10.1. The third-order valence-corrected chi connectivity index (χ3v) is 3.02. The molecule has 1 atom stereocenters. The Labute approximate surface area is 102 Å². The summed E-state index contributed by atoms with van der Waals surface area (Å²) in [5, 5.41) is 0. The van der Waals surface area contributed by atoms with Gasteiger partial charge in [0.2, 0.25) is 0 Å². The maximum atomic E-state index is 11.6. The molecule has 0 saturated heterocycles. The van der Waals surface area contributed by atoms with E-state index in [0.29, 0.717) is 6.61 Å². The molecular formula is C14H17NO2. The molecule has 0 fully saturated rings. The van der Waals surface area contributed by atoms with E-state index in [0.717, 1.165) is 25.0 Å². The second kappa shape index (κ2) is 5.62. The highest BCUT2D eigenvalue weighted by molar-refractivity contribution is 5.75. The van der Waals surface area contributed by atoms with Gasteiger partial charge in [0.05, 0.1) is 18.2 Å². The van der Waals surface area contributed by atoms with Gasteiger partial charge in [-0.25, -0.2) is 0 Å². The number of rotatable bonds is 3. The van der Waals surface area contributed by atoms with Crippen LogP contribution in [0.1, 0.15) is 31.9 Å². The van der Waals surface area contributed by atoms with Gasteiger partial charge in [-0.3, -0.25) is 9.78 Å². The number of carbonyl (C=O) groups is 1. The van der Waals surface area contributed by atoms with Gasteiger partial charge in [-0.15, -0.1) is 0 Å². The molecule has 1 aliphatic rings. The lowest BCUT2D eigenvalue weighted by atomic mass is 9.88. The first kappa shape index (κ1) is 11.8. The molecule has 0 aromatic carbocycles. The molecular weight excluding hydrogens is 214 g/mol. The fourth-order valence-corrected chi connectivity index (χ4v) is 2.09. The van der Waals surface area contributed by atoms with Gasteiger partial charge in [0.15, 0.2) is 0 Å². The van der Waals surface area contributed by atoms with Crippen molar-refractivity contribution in [3.8, 4) is 0 Å². The lowest BCUT2D eigenvalue weighted by Crippen LogP contribution is -2.19. The Bertz CT molecular complexity index is 411. The Kier molecular flexibility index (Phi) is 3.91. The number of hydrogen-bond donors (Lipinski definition) is 0. The molecule has 1 aromatic rings. The van der Waals surface area contributed by atoms with E-state index in [9.17, 15) is 4.79 Å². The van der Waals surface area contributed by atoms with E-state index in [-0.39, 0.29) is 11.9 Å². The molecule has 3 nitrogen and oxygen atoms in total. The smallest absolute Gasteiger partial charge is 0.309 e. The predicted molar refractivity (Wildman–Crippen MR) is 66.2 cm³/mol. The van der Waals surface area contributed by atoms with Crippen LogP contribution in [-0.2, 0) is 9.53 Å². The Hall–Kier alpha value is -1.64. The minimum atomic E-state index is -0.0659. The van der Waals surface area contributed by atoms with Crippen molar-refractivity contribution in [2.45, 2.75) is 26.2 Å². The van der Waals surface area contributed by atoms with E-state index < -0.39 is 0 Å². The Morgan fingerprint density at radius 1 is 1.53 bits per heavy atom. The summed E-state index contributed by atoms with van der Waals surface area (Å²) in [6.45, 7) is 2.31. The van der Waals surface area contributed by atoms with Crippen LogP contribution in [0.3, 0.4) is 0 Å². The Balaban J connectivity index is 2.00. The van der Waals surface area contributed by atoms with Crippen LogP contribution in [0.15, 0.2) is 30.5 Å². The third kappa shape index (κ3) is 2.93. The SMILES string of the molecule is CCOC(=O)[C@@H]1CC=C(c2ccccn2)CC1. The largest absolute Gasteiger partial charge is 0.466 e. The zero-order valence-corrected chi connectivity index (χ0v) is 10.1. The Morgan fingerprint density at radius 2 is 2.41 bits per heavy atom. The van der Waals surface area contributed by atoms with Crippen LogP contribution < -0.4 is 0 Å². The van der Waals surface area contributed by atoms with E-state index in [1.165, 1.54) is 5.57 Å². The van der Waals surface area contributed by atoms with Crippen molar-refractivity contribution >= 4 is 11.5 Å². The van der Waals surface area contributed by atoms with Crippen LogP contribution in [0, 0.1) is 5.92 Å². The van der Waals surface area contributed by atoms with Crippen molar-refractivity contribution in [3.05, 3.63) is 36.2 Å². The monoisotopic (exact) mass is 231 g/mol. The average molecular weight is 231 g/mol. The number of pyridine rings is 1. The van der Waals surface area contributed by atoms with E-state index in [2.05, 4.69) is 11.1 Å². The van der Waals surface area contributed by atoms with Gasteiger partial charge in [-0.1, -0.05) is 12.1 Å². The molecule has 0 bridgehead atoms. The normalized spacial score (nSPS) is 19.6. The summed E-state index contributed by atoms with van der Waals surface area (Å²) in [4.78, 5) is 15.9. The van der Waals surface area contributed by atoms with Crippen LogP contribution in [0.4, 0.5) is 0 Å². The average Bonchev–Trinajstić information content (AvgIpc) is 2.40. The van der Waals surface area contributed by atoms with Crippen LogP contribution in [0.5, 0.6) is 0 Å². The molecule has 1 aliphatic carbocycles. The first-order valence-corrected chi connectivity index (χ1v) is 6.08. The first-order valence-electron chi connectivity index (χ1n) is 6.08. The van der Waals surface area contributed by atoms with Gasteiger partial charge in [0, 0.05) is 6.20 Å². The van der Waals surface area contributed by atoms with Gasteiger partial charge in [-0.05, 0) is 43.9 Å². The molecule has 90 valence electrons. The van der Waals surface area contributed by atoms with Crippen molar-refractivity contribution in [3.63, 3.8) is 0 Å². The lowest BCUT2D eigenvalue weighted by Gasteiger charge is -2.20. The number of esters is 1. The van der Waals surface area contributed by atoms with Crippen LogP contribution in [0.2, 0.25) is 0 Å². The van der Waals surface area contributed by atoms with Crippen molar-refractivity contribution in [1.82, 2.24) is 4.98 Å². The molecule has 0 radical (unpaired) electrons. The second-order valence-electron chi connectivity index (χ2n) is 4.17. The summed E-state index contributed by atoms with van der Waals surface area (Å²) < 4.78 is 5.04. The molecule has 3 heteroatoms. The molecule has 0 N–H and O–H groups in total. The quantitative estimate of drug-likeness (QED) is 0.751. The van der Waals surface area contributed by atoms with Gasteiger partial charge < -0.3 is 4.74 Å². The summed E-state index contributed by atoms with van der Waals surface area (Å²) in [6.07, 6.45) is 6.45. The predicted octanol–water partition coefficient (Wildman–Crippen LogP) is 2.83. The van der Waals surface area contributed by atoms with Gasteiger partial charge >= 0.3 is 5.97 Å². The number of carbonyl (C=O) groups excluding carboxylic acids is 1. The molecule has 0 spiro atoms. The summed E-state index contributed by atoms with van der Waals surface area (Å²) in [5.41, 5.74) is 2.26. The summed E-state index contributed by atoms with van der Waals surface area (Å²) in [7, 11) is 0. The van der Waals surface area contributed by atoms with E-state index in [4.69, 9.17) is 4.74 Å². The number of hydrogen-bond acceptors (Lipinski definition) is 3. The third-order valence-electron chi connectivity index (χ3n) is 3.02. The standard InChI is InChI=1S/C14H17NO2/c1-2-17-14(16)12-8-6-11(7-9-12)13-5-3-4-10-15-13/h3-6,10,12H,2,7-9H2,1H3/t12-/m1/s1. The van der Waals surface area contributed by atoms with Crippen molar-refractivity contribution < 1.29 is 9.53 Å². The summed E-state index contributed by atoms with van der Waals surface area (Å²) in [5.74, 6) is -0.0359. The molecule has 0 aliphatic heterocycles. The van der Waals surface area contributed by atoms with Gasteiger partial charge in [0.25, 0.3) is 0 Å².